The van der Waals surface area contributed by atoms with Crippen LogP contribution in [-0.4, -0.2) is 34.9 Å². The largest absolute Gasteiger partial charge is 0.337 e. The molecule has 1 radical (unpaired) electrons. The van der Waals surface area contributed by atoms with Gasteiger partial charge in [0, 0.05) is 12.1 Å². The molecule has 1 unspecified atom stereocenters. The smallest absolute Gasteiger partial charge is 0.230 e. The van der Waals surface area contributed by atoms with Crippen LogP contribution in [-0.2, 0) is 4.79 Å². The average Bonchev–Trinajstić information content (AvgIpc) is 2.48. The highest BCUT2D eigenvalue weighted by Gasteiger charge is 2.36. The maximum atomic E-state index is 13.1. The van der Waals surface area contributed by atoms with E-state index in [0.717, 1.165) is 37.1 Å². The van der Waals surface area contributed by atoms with E-state index >= 15 is 0 Å². The van der Waals surface area contributed by atoms with Crippen LogP contribution in [0, 0.1) is 6.42 Å². The lowest BCUT2D eigenvalue weighted by atomic mass is 9.87. The summed E-state index contributed by atoms with van der Waals surface area (Å²) in [5.41, 5.74) is 1.10. The summed E-state index contributed by atoms with van der Waals surface area (Å²) in [7, 11) is 0. The minimum Gasteiger partial charge on any atom is -0.337 e. The van der Waals surface area contributed by atoms with Crippen LogP contribution in [0.15, 0.2) is 30.3 Å². The molecule has 0 aliphatic carbocycles. The lowest BCUT2D eigenvalue weighted by Gasteiger charge is -2.44. The summed E-state index contributed by atoms with van der Waals surface area (Å²) in [6.45, 7) is 5.21. The fourth-order valence-electron chi connectivity index (χ4n) is 3.04. The third-order valence-corrected chi connectivity index (χ3v) is 4.95. The van der Waals surface area contributed by atoms with Gasteiger partial charge in [0.2, 0.25) is 5.91 Å². The number of amides is 1. The van der Waals surface area contributed by atoms with Crippen molar-refractivity contribution in [2.45, 2.75) is 44.6 Å². The van der Waals surface area contributed by atoms with Crippen molar-refractivity contribution in [2.75, 3.05) is 18.6 Å². The Morgan fingerprint density at radius 3 is 2.67 bits per heavy atom. The topological polar surface area (TPSA) is 20.3 Å². The van der Waals surface area contributed by atoms with Crippen LogP contribution in [0.4, 0.5) is 0 Å². The third-order valence-electron chi connectivity index (χ3n) is 4.31. The van der Waals surface area contributed by atoms with Crippen LogP contribution in [0.2, 0.25) is 0 Å². The monoisotopic (exact) mass is 304 g/mol. The maximum Gasteiger partial charge on any atom is 0.230 e. The molecule has 1 aliphatic rings. The molecule has 21 heavy (non-hydrogen) atoms. The Labute approximate surface area is 133 Å². The van der Waals surface area contributed by atoms with Crippen molar-refractivity contribution in [3.8, 4) is 0 Å². The Kier molecular flexibility index (Phi) is 5.74. The van der Waals surface area contributed by atoms with E-state index in [-0.39, 0.29) is 11.5 Å². The number of likely N-dealkylation sites (tertiary alicyclic amines) is 1. The maximum absolute atomic E-state index is 13.1. The quantitative estimate of drug-likeness (QED) is 0.815. The molecule has 3 heteroatoms. The van der Waals surface area contributed by atoms with E-state index in [1.54, 1.807) is 0 Å². The fraction of sp³-hybridized carbons (Fsp3) is 0.556. The predicted molar refractivity (Wildman–Crippen MR) is 91.5 cm³/mol. The normalized spacial score (nSPS) is 19.3. The van der Waals surface area contributed by atoms with Gasteiger partial charge in [-0.05, 0) is 57.1 Å². The third kappa shape index (κ3) is 4.03. The molecule has 0 spiro atoms. The van der Waals surface area contributed by atoms with E-state index in [0.29, 0.717) is 5.91 Å². The number of rotatable bonds is 5. The zero-order valence-corrected chi connectivity index (χ0v) is 14.2. The number of hydrogen-bond acceptors (Lipinski definition) is 2. The number of carbonyl (C=O) groups excluding carboxylic acids is 1. The van der Waals surface area contributed by atoms with Crippen LogP contribution >= 0.6 is 11.8 Å². The summed E-state index contributed by atoms with van der Waals surface area (Å²) < 4.78 is 0. The van der Waals surface area contributed by atoms with Crippen molar-refractivity contribution in [3.05, 3.63) is 42.3 Å². The van der Waals surface area contributed by atoms with Gasteiger partial charge in [-0.25, -0.2) is 0 Å². The number of nitrogens with zero attached hydrogens (tertiary/aromatic N) is 1. The zero-order valence-electron chi connectivity index (χ0n) is 13.3. The summed E-state index contributed by atoms with van der Waals surface area (Å²) >= 11 is 1.81. The minimum atomic E-state index is -0.0538. The molecule has 1 atom stereocenters. The average molecular weight is 304 g/mol. The minimum absolute atomic E-state index is 0.00368. The molecular formula is C18H26NOS. The molecule has 1 aliphatic heterocycles. The van der Waals surface area contributed by atoms with E-state index in [2.05, 4.69) is 43.6 Å². The molecule has 0 saturated carbocycles. The van der Waals surface area contributed by atoms with Gasteiger partial charge in [-0.15, -0.1) is 0 Å². The Bertz CT molecular complexity index is 458. The van der Waals surface area contributed by atoms with Gasteiger partial charge in [-0.1, -0.05) is 30.3 Å². The van der Waals surface area contributed by atoms with Gasteiger partial charge in [0.1, 0.15) is 0 Å². The SMILES string of the molecule is CSCCC(C(=O)N1CC[CH]CC1(C)C)c1ccccc1. The molecule has 0 N–H and O–H groups in total. The Morgan fingerprint density at radius 1 is 1.33 bits per heavy atom. The van der Waals surface area contributed by atoms with Crippen molar-refractivity contribution in [1.29, 1.82) is 0 Å². The Morgan fingerprint density at radius 2 is 2.05 bits per heavy atom. The first kappa shape index (κ1) is 16.4. The van der Waals surface area contributed by atoms with Crippen molar-refractivity contribution in [2.24, 2.45) is 0 Å². The van der Waals surface area contributed by atoms with Crippen molar-refractivity contribution < 1.29 is 4.79 Å². The van der Waals surface area contributed by atoms with Crippen LogP contribution in [0.1, 0.15) is 44.6 Å². The van der Waals surface area contributed by atoms with Crippen LogP contribution in [0.3, 0.4) is 0 Å². The zero-order chi connectivity index (χ0) is 15.3. The molecule has 2 rings (SSSR count). The van der Waals surface area contributed by atoms with Crippen molar-refractivity contribution >= 4 is 17.7 Å². The van der Waals surface area contributed by atoms with E-state index in [9.17, 15) is 4.79 Å². The number of piperidine rings is 1. The standard InChI is InChI=1S/C18H26NOS/c1-18(2)12-7-8-13-19(18)17(20)16(11-14-21-3)15-9-5-4-6-10-15/h4-7,9-10,16H,8,11-14H2,1-3H3. The van der Waals surface area contributed by atoms with Crippen LogP contribution in [0.25, 0.3) is 0 Å². The molecule has 1 amide bonds. The Balaban J connectivity index is 2.21. The number of thioether (sulfide) groups is 1. The highest BCUT2D eigenvalue weighted by Crippen LogP contribution is 2.32. The van der Waals surface area contributed by atoms with Crippen LogP contribution in [0.5, 0.6) is 0 Å². The van der Waals surface area contributed by atoms with Gasteiger partial charge in [-0.2, -0.15) is 11.8 Å². The molecule has 1 fully saturated rings. The van der Waals surface area contributed by atoms with E-state index < -0.39 is 0 Å². The second kappa shape index (κ2) is 7.35. The van der Waals surface area contributed by atoms with Crippen molar-refractivity contribution in [3.63, 3.8) is 0 Å². The Hall–Kier alpha value is -0.960. The van der Waals surface area contributed by atoms with Crippen LogP contribution < -0.4 is 0 Å². The van der Waals surface area contributed by atoms with E-state index in [1.807, 2.05) is 30.0 Å². The number of benzene rings is 1. The summed E-state index contributed by atoms with van der Waals surface area (Å²) in [6.07, 6.45) is 7.33. The van der Waals surface area contributed by atoms with Gasteiger partial charge >= 0.3 is 0 Å². The van der Waals surface area contributed by atoms with Crippen molar-refractivity contribution in [1.82, 2.24) is 4.90 Å². The highest BCUT2D eigenvalue weighted by molar-refractivity contribution is 7.98. The second-order valence-electron chi connectivity index (χ2n) is 6.33. The molecule has 115 valence electrons. The van der Waals surface area contributed by atoms with Gasteiger partial charge in [0.05, 0.1) is 5.92 Å². The first-order valence-electron chi connectivity index (χ1n) is 7.73. The molecule has 1 saturated heterocycles. The summed E-state index contributed by atoms with van der Waals surface area (Å²) in [5, 5.41) is 0. The summed E-state index contributed by atoms with van der Waals surface area (Å²) in [6, 6.07) is 10.3. The predicted octanol–water partition coefficient (Wildman–Crippen LogP) is 4.13. The highest BCUT2D eigenvalue weighted by atomic mass is 32.2. The van der Waals surface area contributed by atoms with Gasteiger partial charge in [0.25, 0.3) is 0 Å². The fourth-order valence-corrected chi connectivity index (χ4v) is 3.51. The molecule has 0 bridgehead atoms. The summed E-state index contributed by atoms with van der Waals surface area (Å²) in [5.74, 6) is 1.32. The van der Waals surface area contributed by atoms with E-state index in [1.165, 1.54) is 0 Å². The number of carbonyl (C=O) groups is 1. The molecule has 1 aromatic rings. The summed E-state index contributed by atoms with van der Waals surface area (Å²) in [4.78, 5) is 15.2. The van der Waals surface area contributed by atoms with Gasteiger partial charge in [0.15, 0.2) is 0 Å². The number of hydrogen-bond donors (Lipinski definition) is 0. The molecular weight excluding hydrogens is 278 g/mol. The first-order valence-corrected chi connectivity index (χ1v) is 9.12. The molecule has 1 aromatic carbocycles. The van der Waals surface area contributed by atoms with Gasteiger partial charge < -0.3 is 4.90 Å². The van der Waals surface area contributed by atoms with E-state index in [4.69, 9.17) is 0 Å². The molecule has 1 heterocycles. The molecule has 2 nitrogen and oxygen atoms in total. The lowest BCUT2D eigenvalue weighted by molar-refractivity contribution is -0.139. The second-order valence-corrected chi connectivity index (χ2v) is 7.31. The first-order chi connectivity index (χ1) is 10.1. The van der Waals surface area contributed by atoms with Gasteiger partial charge in [-0.3, -0.25) is 4.79 Å². The lowest BCUT2D eigenvalue weighted by Crippen LogP contribution is -2.52. The molecule has 0 aromatic heterocycles.